The lowest BCUT2D eigenvalue weighted by Gasteiger charge is -2.47. The summed E-state index contributed by atoms with van der Waals surface area (Å²) in [6.07, 6.45) is 6.76. The van der Waals surface area contributed by atoms with Crippen molar-refractivity contribution >= 4 is 40.1 Å². The molecule has 2 N–H and O–H groups in total. The topological polar surface area (TPSA) is 133 Å². The first-order valence-electron chi connectivity index (χ1n) is 18.3. The average Bonchev–Trinajstić information content (AvgIpc) is 3.14. The predicted molar refractivity (Wildman–Crippen MR) is 201 cm³/mol. The number of benzene rings is 2. The van der Waals surface area contributed by atoms with Crippen molar-refractivity contribution in [2.24, 2.45) is 12.5 Å². The highest BCUT2D eigenvalue weighted by molar-refractivity contribution is 6.01. The first-order valence-corrected chi connectivity index (χ1v) is 18.3. The zero-order valence-corrected chi connectivity index (χ0v) is 30.5. The number of hydrogen-bond acceptors (Lipinski definition) is 9. The van der Waals surface area contributed by atoms with Crippen molar-refractivity contribution in [1.29, 1.82) is 0 Å². The monoisotopic (exact) mass is 704 g/mol. The maximum atomic E-state index is 13.7. The molecule has 4 aromatic rings. The van der Waals surface area contributed by atoms with Crippen molar-refractivity contribution in [3.63, 3.8) is 0 Å². The lowest BCUT2D eigenvalue weighted by atomic mass is 9.71. The van der Waals surface area contributed by atoms with E-state index in [0.717, 1.165) is 68.7 Å². The largest absolute Gasteiger partial charge is 0.371 e. The molecule has 0 saturated carbocycles. The van der Waals surface area contributed by atoms with Gasteiger partial charge in [-0.15, -0.1) is 0 Å². The van der Waals surface area contributed by atoms with Crippen LogP contribution in [-0.4, -0.2) is 88.6 Å². The summed E-state index contributed by atoms with van der Waals surface area (Å²) >= 11 is 0. The second kappa shape index (κ2) is 14.5. The number of nitrogens with zero attached hydrogens (tertiary/aromatic N) is 6. The highest BCUT2D eigenvalue weighted by Gasteiger charge is 2.39. The molecule has 3 saturated heterocycles. The molecule has 3 fully saturated rings. The third-order valence-electron chi connectivity index (χ3n) is 11.5. The Kier molecular flexibility index (Phi) is 9.84. The Labute approximate surface area is 304 Å². The van der Waals surface area contributed by atoms with Crippen LogP contribution in [0.2, 0.25) is 0 Å². The molecule has 52 heavy (non-hydrogen) atoms. The van der Waals surface area contributed by atoms with Gasteiger partial charge < -0.3 is 20.0 Å². The summed E-state index contributed by atoms with van der Waals surface area (Å²) in [6.45, 7) is 5.56. The van der Waals surface area contributed by atoms with Crippen molar-refractivity contribution in [1.82, 2.24) is 29.9 Å². The van der Waals surface area contributed by atoms with E-state index in [1.807, 2.05) is 61.5 Å². The van der Waals surface area contributed by atoms with Gasteiger partial charge in [0.15, 0.2) is 5.82 Å². The zero-order valence-electron chi connectivity index (χ0n) is 30.5. The molecule has 5 heterocycles. The number of imide groups is 1. The number of likely N-dealkylation sites (N-methyl/N-ethyl adjacent to an activating group) is 1. The van der Waals surface area contributed by atoms with Crippen LogP contribution < -0.4 is 21.1 Å². The first kappa shape index (κ1) is 35.3. The Morgan fingerprint density at radius 3 is 2.27 bits per heavy atom. The number of likely N-dealkylation sites (tertiary alicyclic amines) is 1. The molecule has 2 aromatic carbocycles. The van der Waals surface area contributed by atoms with Crippen LogP contribution in [0.25, 0.3) is 10.9 Å². The van der Waals surface area contributed by atoms with Crippen molar-refractivity contribution in [3.05, 3.63) is 93.9 Å². The van der Waals surface area contributed by atoms with Gasteiger partial charge in [0, 0.05) is 63.1 Å². The van der Waals surface area contributed by atoms with Crippen LogP contribution >= 0.6 is 0 Å². The minimum absolute atomic E-state index is 0.0288. The maximum Gasteiger partial charge on any atom is 0.293 e. The third-order valence-corrected chi connectivity index (χ3v) is 11.5. The molecule has 7 rings (SSSR count). The number of carbonyl (C=O) groups excluding carboxylic acids is 3. The van der Waals surface area contributed by atoms with E-state index in [1.165, 1.54) is 4.68 Å². The van der Waals surface area contributed by atoms with Gasteiger partial charge in [0.05, 0.1) is 17.3 Å². The molecule has 0 aliphatic carbocycles. The third kappa shape index (κ3) is 7.04. The van der Waals surface area contributed by atoms with Crippen LogP contribution in [0.5, 0.6) is 0 Å². The van der Waals surface area contributed by atoms with Gasteiger partial charge in [-0.25, -0.2) is 4.68 Å². The van der Waals surface area contributed by atoms with Crippen LogP contribution in [0.4, 0.5) is 11.5 Å². The molecule has 272 valence electrons. The van der Waals surface area contributed by atoms with Gasteiger partial charge in [-0.3, -0.25) is 29.5 Å². The van der Waals surface area contributed by atoms with E-state index in [9.17, 15) is 19.2 Å². The van der Waals surface area contributed by atoms with Crippen LogP contribution in [0.1, 0.15) is 78.9 Å². The van der Waals surface area contributed by atoms with Gasteiger partial charge in [-0.05, 0) is 106 Å². The van der Waals surface area contributed by atoms with E-state index in [-0.39, 0.29) is 46.7 Å². The van der Waals surface area contributed by atoms with Gasteiger partial charge in [-0.1, -0.05) is 24.3 Å². The standard InChI is InChI=1S/C40H48N8O4/c1-26(42-36-32-6-5-21-41-34(32)39(52)46(4)44-36)35(45(2)3)28-7-9-29(10-8-28)38(51)48-24-19-40(20-25-48)17-22-47(23-18-40)30-13-11-27(12-14-30)31-15-16-33(49)43-37(31)50/h5-14,21,26,31,35H,15-20,22-25H2,1-4H3,(H,42,44)(H,43,49,50)/t26-,31?,35+/m0/s1. The Morgan fingerprint density at radius 2 is 1.62 bits per heavy atom. The summed E-state index contributed by atoms with van der Waals surface area (Å²) in [4.78, 5) is 61.0. The highest BCUT2D eigenvalue weighted by Crippen LogP contribution is 2.42. The summed E-state index contributed by atoms with van der Waals surface area (Å²) in [5.74, 6) is 0.0257. The van der Waals surface area contributed by atoms with Gasteiger partial charge in [-0.2, -0.15) is 5.10 Å². The maximum absolute atomic E-state index is 13.7. The van der Waals surface area contributed by atoms with Crippen molar-refractivity contribution in [3.8, 4) is 0 Å². The number of fused-ring (bicyclic) bond motifs is 1. The van der Waals surface area contributed by atoms with Crippen LogP contribution in [0.15, 0.2) is 71.7 Å². The lowest BCUT2D eigenvalue weighted by Crippen LogP contribution is -2.48. The van der Waals surface area contributed by atoms with Gasteiger partial charge in [0.25, 0.3) is 11.5 Å². The molecule has 1 unspecified atom stereocenters. The number of nitrogens with one attached hydrogen (secondary N) is 2. The number of piperidine rings is 3. The van der Waals surface area contributed by atoms with E-state index in [4.69, 9.17) is 0 Å². The molecule has 3 atom stereocenters. The number of amides is 3. The van der Waals surface area contributed by atoms with Gasteiger partial charge in [0.1, 0.15) is 5.52 Å². The predicted octanol–water partition coefficient (Wildman–Crippen LogP) is 4.47. The van der Waals surface area contributed by atoms with Crippen molar-refractivity contribution in [2.45, 2.75) is 63.5 Å². The molecular formula is C40H48N8O4. The zero-order chi connectivity index (χ0) is 36.6. The summed E-state index contributed by atoms with van der Waals surface area (Å²) in [5.41, 5.74) is 4.30. The molecule has 3 amide bonds. The molecular weight excluding hydrogens is 656 g/mol. The number of rotatable bonds is 8. The minimum atomic E-state index is -0.264. The first-order chi connectivity index (χ1) is 25.0. The number of pyridine rings is 1. The number of carbonyl (C=O) groups is 3. The molecule has 3 aliphatic rings. The van der Waals surface area contributed by atoms with Crippen molar-refractivity contribution in [2.75, 3.05) is 50.5 Å². The van der Waals surface area contributed by atoms with E-state index in [1.54, 1.807) is 19.3 Å². The van der Waals surface area contributed by atoms with E-state index in [2.05, 4.69) is 49.6 Å². The highest BCUT2D eigenvalue weighted by atomic mass is 16.2. The van der Waals surface area contributed by atoms with E-state index < -0.39 is 0 Å². The Bertz CT molecular complexity index is 2010. The number of hydrogen-bond donors (Lipinski definition) is 2. The quantitative estimate of drug-likeness (QED) is 0.255. The smallest absolute Gasteiger partial charge is 0.293 e. The van der Waals surface area contributed by atoms with E-state index >= 15 is 0 Å². The SMILES string of the molecule is C[C@H](Nc1nn(C)c(=O)c2ncccc12)[C@H](c1ccc(C(=O)N2CCC3(CC2)CCN(c2ccc(C4CCC(=O)NC4=O)cc2)CC3)cc1)N(C)C. The van der Waals surface area contributed by atoms with Gasteiger partial charge in [0.2, 0.25) is 11.8 Å². The number of aromatic nitrogens is 3. The van der Waals surface area contributed by atoms with Crippen molar-refractivity contribution < 1.29 is 14.4 Å². The molecule has 0 radical (unpaired) electrons. The van der Waals surface area contributed by atoms with Crippen LogP contribution in [0.3, 0.4) is 0 Å². The molecule has 3 aliphatic heterocycles. The van der Waals surface area contributed by atoms with Crippen LogP contribution in [0, 0.1) is 5.41 Å². The molecule has 0 bridgehead atoms. The molecule has 12 heteroatoms. The fourth-order valence-electron chi connectivity index (χ4n) is 8.46. The average molecular weight is 705 g/mol. The fraction of sp³-hybridized carbons (Fsp3) is 0.450. The second-order valence-electron chi connectivity index (χ2n) is 15.0. The van der Waals surface area contributed by atoms with Gasteiger partial charge >= 0.3 is 0 Å². The van der Waals surface area contributed by atoms with Crippen LogP contribution in [-0.2, 0) is 16.6 Å². The molecule has 1 spiro atoms. The summed E-state index contributed by atoms with van der Waals surface area (Å²) < 4.78 is 1.31. The Balaban J connectivity index is 0.937. The minimum Gasteiger partial charge on any atom is -0.371 e. The molecule has 2 aromatic heterocycles. The fourth-order valence-corrected chi connectivity index (χ4v) is 8.46. The number of aryl methyl sites for hydroxylation is 1. The molecule has 12 nitrogen and oxygen atoms in total. The Morgan fingerprint density at radius 1 is 0.942 bits per heavy atom. The van der Waals surface area contributed by atoms with E-state index in [0.29, 0.717) is 35.1 Å². The summed E-state index contributed by atoms with van der Waals surface area (Å²) in [5, 5.41) is 11.2. The Hall–Kier alpha value is -5.10. The normalized spacial score (nSPS) is 20.2. The summed E-state index contributed by atoms with van der Waals surface area (Å²) in [6, 6.07) is 19.8. The lowest BCUT2D eigenvalue weighted by molar-refractivity contribution is -0.134. The second-order valence-corrected chi connectivity index (χ2v) is 15.0. The summed E-state index contributed by atoms with van der Waals surface area (Å²) in [7, 11) is 5.69. The number of anilines is 2.